The van der Waals surface area contributed by atoms with Crippen LogP contribution in [0.3, 0.4) is 0 Å². The normalized spacial score (nSPS) is 15.2. The number of piperidine rings is 1. The van der Waals surface area contributed by atoms with Crippen LogP contribution in [0.1, 0.15) is 32.1 Å². The van der Waals surface area contributed by atoms with Gasteiger partial charge in [0.05, 0.1) is 19.1 Å². The Bertz CT molecular complexity index is 654. The van der Waals surface area contributed by atoms with Gasteiger partial charge in [-0.25, -0.2) is 8.42 Å². The second-order valence-corrected chi connectivity index (χ2v) is 7.99. The van der Waals surface area contributed by atoms with Crippen molar-refractivity contribution in [2.45, 2.75) is 32.1 Å². The van der Waals surface area contributed by atoms with Gasteiger partial charge in [0, 0.05) is 32.1 Å². The summed E-state index contributed by atoms with van der Waals surface area (Å²) in [5.74, 6) is 0.722. The molecule has 1 amide bonds. The lowest BCUT2D eigenvalue weighted by Gasteiger charge is -2.27. The first-order valence-corrected chi connectivity index (χ1v) is 10.2. The van der Waals surface area contributed by atoms with E-state index in [4.69, 9.17) is 4.74 Å². The van der Waals surface area contributed by atoms with Gasteiger partial charge in [-0.15, -0.1) is 0 Å². The number of carbonyl (C=O) groups excluding carboxylic acids is 1. The van der Waals surface area contributed by atoms with Gasteiger partial charge in [-0.2, -0.15) is 0 Å². The van der Waals surface area contributed by atoms with Crippen molar-refractivity contribution in [2.24, 2.45) is 0 Å². The molecule has 0 radical (unpaired) electrons. The molecule has 1 aliphatic rings. The number of anilines is 1. The Morgan fingerprint density at radius 1 is 1.25 bits per heavy atom. The summed E-state index contributed by atoms with van der Waals surface area (Å²) in [4.78, 5) is 14.1. The number of benzene rings is 1. The van der Waals surface area contributed by atoms with Gasteiger partial charge < -0.3 is 9.64 Å². The summed E-state index contributed by atoms with van der Waals surface area (Å²) in [6.45, 7) is 1.93. The standard InChI is InChI=1S/C17H26N2O4S/c1-23-16-9-6-8-15(14-16)19(24(2,21)22)13-7-10-17(20)18-11-4-3-5-12-18/h6,8-9,14H,3-5,7,10-13H2,1-2H3. The third kappa shape index (κ3) is 5.12. The van der Waals surface area contributed by atoms with Crippen LogP contribution in [0.2, 0.25) is 0 Å². The molecule has 7 heteroatoms. The molecule has 0 N–H and O–H groups in total. The van der Waals surface area contributed by atoms with Gasteiger partial charge in [0.25, 0.3) is 0 Å². The molecule has 1 saturated heterocycles. The van der Waals surface area contributed by atoms with Crippen molar-refractivity contribution in [1.29, 1.82) is 0 Å². The van der Waals surface area contributed by atoms with Crippen molar-refractivity contribution in [3.8, 4) is 5.75 Å². The van der Waals surface area contributed by atoms with Crippen LogP contribution in [0.5, 0.6) is 5.75 Å². The first-order valence-electron chi connectivity index (χ1n) is 8.31. The molecule has 1 aromatic carbocycles. The summed E-state index contributed by atoms with van der Waals surface area (Å²) in [5, 5.41) is 0. The van der Waals surface area contributed by atoms with Crippen LogP contribution in [0.4, 0.5) is 5.69 Å². The van der Waals surface area contributed by atoms with Crippen LogP contribution in [0.15, 0.2) is 24.3 Å². The molecule has 6 nitrogen and oxygen atoms in total. The Morgan fingerprint density at radius 3 is 2.58 bits per heavy atom. The van der Waals surface area contributed by atoms with Crippen molar-refractivity contribution in [3.05, 3.63) is 24.3 Å². The minimum absolute atomic E-state index is 0.119. The van der Waals surface area contributed by atoms with E-state index in [1.807, 2.05) is 4.90 Å². The topological polar surface area (TPSA) is 66.9 Å². The van der Waals surface area contributed by atoms with Crippen LogP contribution >= 0.6 is 0 Å². The number of ether oxygens (including phenoxy) is 1. The highest BCUT2D eigenvalue weighted by molar-refractivity contribution is 7.92. The largest absolute Gasteiger partial charge is 0.497 e. The number of hydrogen-bond donors (Lipinski definition) is 0. The minimum Gasteiger partial charge on any atom is -0.497 e. The van der Waals surface area contributed by atoms with Crippen molar-refractivity contribution in [3.63, 3.8) is 0 Å². The van der Waals surface area contributed by atoms with E-state index in [0.717, 1.165) is 25.9 Å². The Kier molecular flexibility index (Phi) is 6.48. The maximum Gasteiger partial charge on any atom is 0.232 e. The predicted molar refractivity (Wildman–Crippen MR) is 94.8 cm³/mol. The molecule has 2 rings (SSSR count). The Morgan fingerprint density at radius 2 is 1.96 bits per heavy atom. The molecule has 1 heterocycles. The predicted octanol–water partition coefficient (Wildman–Crippen LogP) is 2.25. The van der Waals surface area contributed by atoms with Gasteiger partial charge in [-0.05, 0) is 37.8 Å². The molecule has 24 heavy (non-hydrogen) atoms. The number of likely N-dealkylation sites (tertiary alicyclic amines) is 1. The fourth-order valence-corrected chi connectivity index (χ4v) is 3.88. The number of nitrogens with zero attached hydrogens (tertiary/aromatic N) is 2. The summed E-state index contributed by atoms with van der Waals surface area (Å²) >= 11 is 0. The molecule has 0 saturated carbocycles. The monoisotopic (exact) mass is 354 g/mol. The third-order valence-electron chi connectivity index (χ3n) is 4.20. The van der Waals surface area contributed by atoms with Crippen molar-refractivity contribution in [2.75, 3.05) is 37.3 Å². The average Bonchev–Trinajstić information content (AvgIpc) is 2.58. The highest BCUT2D eigenvalue weighted by Gasteiger charge is 2.20. The van der Waals surface area contributed by atoms with Crippen molar-refractivity contribution in [1.82, 2.24) is 4.90 Å². The molecule has 1 aromatic rings. The molecule has 1 fully saturated rings. The van der Waals surface area contributed by atoms with E-state index in [2.05, 4.69) is 0 Å². The lowest BCUT2D eigenvalue weighted by molar-refractivity contribution is -0.132. The molecular weight excluding hydrogens is 328 g/mol. The quantitative estimate of drug-likeness (QED) is 0.753. The van der Waals surface area contributed by atoms with Crippen LogP contribution in [0.25, 0.3) is 0 Å². The Hall–Kier alpha value is -1.76. The van der Waals surface area contributed by atoms with Crippen LogP contribution < -0.4 is 9.04 Å². The van der Waals surface area contributed by atoms with E-state index in [-0.39, 0.29) is 12.5 Å². The van der Waals surface area contributed by atoms with Crippen LogP contribution in [0, 0.1) is 0 Å². The van der Waals surface area contributed by atoms with Crippen molar-refractivity contribution >= 4 is 21.6 Å². The highest BCUT2D eigenvalue weighted by atomic mass is 32.2. The minimum atomic E-state index is -3.41. The van der Waals surface area contributed by atoms with E-state index in [1.54, 1.807) is 31.4 Å². The maximum absolute atomic E-state index is 12.2. The zero-order valence-corrected chi connectivity index (χ0v) is 15.2. The van der Waals surface area contributed by atoms with E-state index in [9.17, 15) is 13.2 Å². The zero-order valence-electron chi connectivity index (χ0n) is 14.4. The summed E-state index contributed by atoms with van der Waals surface area (Å²) in [6, 6.07) is 6.94. The molecule has 0 bridgehead atoms. The van der Waals surface area contributed by atoms with Crippen molar-refractivity contribution < 1.29 is 17.9 Å². The zero-order chi connectivity index (χ0) is 17.6. The smallest absolute Gasteiger partial charge is 0.232 e. The number of carbonyl (C=O) groups is 1. The first-order chi connectivity index (χ1) is 11.4. The molecule has 0 spiro atoms. The van der Waals surface area contributed by atoms with Gasteiger partial charge in [0.15, 0.2) is 0 Å². The van der Waals surface area contributed by atoms with Gasteiger partial charge in [0.2, 0.25) is 15.9 Å². The molecule has 0 aliphatic carbocycles. The number of methoxy groups -OCH3 is 1. The lowest BCUT2D eigenvalue weighted by Crippen LogP contribution is -2.36. The summed E-state index contributed by atoms with van der Waals surface area (Å²) < 4.78 is 30.7. The summed E-state index contributed by atoms with van der Waals surface area (Å²) in [5.41, 5.74) is 0.558. The van der Waals surface area contributed by atoms with E-state index >= 15 is 0 Å². The van der Waals surface area contributed by atoms with E-state index in [0.29, 0.717) is 24.3 Å². The van der Waals surface area contributed by atoms with Gasteiger partial charge >= 0.3 is 0 Å². The SMILES string of the molecule is COc1cccc(N(CCCC(=O)N2CCCCC2)S(C)(=O)=O)c1. The van der Waals surface area contributed by atoms with E-state index in [1.165, 1.54) is 17.0 Å². The summed E-state index contributed by atoms with van der Waals surface area (Å²) in [6.07, 6.45) is 5.35. The third-order valence-corrected chi connectivity index (χ3v) is 5.40. The molecule has 0 unspecified atom stereocenters. The molecule has 134 valence electrons. The summed E-state index contributed by atoms with van der Waals surface area (Å²) in [7, 11) is -1.87. The number of rotatable bonds is 7. The first kappa shape index (κ1) is 18.6. The Balaban J connectivity index is 1.98. The highest BCUT2D eigenvalue weighted by Crippen LogP contribution is 2.23. The maximum atomic E-state index is 12.2. The second kappa shape index (κ2) is 8.37. The lowest BCUT2D eigenvalue weighted by atomic mass is 10.1. The molecular formula is C17H26N2O4S. The Labute approximate surface area is 144 Å². The second-order valence-electron chi connectivity index (χ2n) is 6.08. The number of amides is 1. The fourth-order valence-electron chi connectivity index (χ4n) is 2.93. The molecule has 0 atom stereocenters. The van der Waals surface area contributed by atoms with Gasteiger partial charge in [-0.1, -0.05) is 6.07 Å². The average molecular weight is 354 g/mol. The van der Waals surface area contributed by atoms with E-state index < -0.39 is 10.0 Å². The fraction of sp³-hybridized carbons (Fsp3) is 0.588. The van der Waals surface area contributed by atoms with Gasteiger partial charge in [-0.3, -0.25) is 9.10 Å². The molecule has 1 aliphatic heterocycles. The number of hydrogen-bond acceptors (Lipinski definition) is 4. The molecule has 0 aromatic heterocycles. The van der Waals surface area contributed by atoms with Crippen LogP contribution in [-0.4, -0.2) is 52.2 Å². The van der Waals surface area contributed by atoms with Gasteiger partial charge in [0.1, 0.15) is 5.75 Å². The number of sulfonamides is 1. The van der Waals surface area contributed by atoms with Crippen LogP contribution in [-0.2, 0) is 14.8 Å².